The molecule has 0 saturated carbocycles. The van der Waals surface area contributed by atoms with Gasteiger partial charge in [0.1, 0.15) is 6.10 Å². The zero-order valence-corrected chi connectivity index (χ0v) is 19.9. The van der Waals surface area contributed by atoms with Crippen LogP contribution in [0.1, 0.15) is 27.0 Å². The van der Waals surface area contributed by atoms with Gasteiger partial charge in [-0.15, -0.1) is 0 Å². The molecule has 1 aromatic heterocycles. The van der Waals surface area contributed by atoms with E-state index in [1.54, 1.807) is 6.08 Å². The van der Waals surface area contributed by atoms with Gasteiger partial charge in [0.25, 0.3) is 8.32 Å². The Morgan fingerprint density at radius 3 is 2.18 bits per heavy atom. The van der Waals surface area contributed by atoms with Gasteiger partial charge in [0.15, 0.2) is 17.9 Å². The van der Waals surface area contributed by atoms with Crippen molar-refractivity contribution in [1.29, 1.82) is 0 Å². The quantitative estimate of drug-likeness (QED) is 0.447. The highest BCUT2D eigenvalue weighted by Crippen LogP contribution is 2.37. The van der Waals surface area contributed by atoms with E-state index in [0.29, 0.717) is 6.61 Å². The molecule has 1 aliphatic rings. The molecular weight excluding hydrogens is 437 g/mol. The van der Waals surface area contributed by atoms with Crippen LogP contribution in [0.25, 0.3) is 0 Å². The standard InChI is InChI=1S/C25H28FN3O3Si/c1-25(2,3)33(19-10-6-4-7-11-19,20-12-8-5-9-13-20)31-17-18-14-15-22(32-18)29-16-21(26)23(27)28-24(29)30/h4-16,18,22H,17H2,1-3H3,(H2,27,28,30)/t18-,22+/m1/s1. The molecule has 172 valence electrons. The first-order valence-electron chi connectivity index (χ1n) is 10.9. The van der Waals surface area contributed by atoms with Crippen LogP contribution < -0.4 is 21.8 Å². The SMILES string of the molecule is CC(C)(C)[Si](OC[C@H]1C=C[C@@H](n2cc(F)c(N)nc2=O)O1)(c1ccccc1)c1ccccc1. The summed E-state index contributed by atoms with van der Waals surface area (Å²) in [6.07, 6.45) is 3.39. The Balaban J connectivity index is 1.62. The zero-order valence-electron chi connectivity index (χ0n) is 18.9. The van der Waals surface area contributed by atoms with E-state index in [-0.39, 0.29) is 5.04 Å². The molecule has 0 radical (unpaired) electrons. The molecular formula is C25H28FN3O3Si. The lowest BCUT2D eigenvalue weighted by Gasteiger charge is -2.43. The van der Waals surface area contributed by atoms with Crippen LogP contribution >= 0.6 is 0 Å². The summed E-state index contributed by atoms with van der Waals surface area (Å²) in [4.78, 5) is 15.7. The van der Waals surface area contributed by atoms with E-state index in [0.717, 1.165) is 10.8 Å². The van der Waals surface area contributed by atoms with Crippen molar-refractivity contribution in [3.8, 4) is 0 Å². The molecule has 0 aliphatic carbocycles. The molecule has 0 amide bonds. The summed E-state index contributed by atoms with van der Waals surface area (Å²) in [6, 6.07) is 20.6. The first-order valence-corrected chi connectivity index (χ1v) is 12.8. The van der Waals surface area contributed by atoms with E-state index in [9.17, 15) is 9.18 Å². The van der Waals surface area contributed by atoms with Crippen LogP contribution in [0.2, 0.25) is 5.04 Å². The Labute approximate surface area is 193 Å². The number of ether oxygens (including phenoxy) is 1. The van der Waals surface area contributed by atoms with E-state index in [2.05, 4.69) is 50.0 Å². The van der Waals surface area contributed by atoms with Crippen LogP contribution in [0.3, 0.4) is 0 Å². The average Bonchev–Trinajstić information content (AvgIpc) is 3.26. The molecule has 4 rings (SSSR count). The van der Waals surface area contributed by atoms with Crippen LogP contribution in [0.4, 0.5) is 10.2 Å². The Bertz CT molecular complexity index is 1150. The number of nitrogens with two attached hydrogens (primary N) is 1. The van der Waals surface area contributed by atoms with Crippen molar-refractivity contribution in [2.75, 3.05) is 12.3 Å². The zero-order chi connectivity index (χ0) is 23.6. The second-order valence-electron chi connectivity index (χ2n) is 9.09. The number of hydrogen-bond donors (Lipinski definition) is 1. The van der Waals surface area contributed by atoms with Gasteiger partial charge >= 0.3 is 5.69 Å². The summed E-state index contributed by atoms with van der Waals surface area (Å²) < 4.78 is 27.8. The Morgan fingerprint density at radius 1 is 1.06 bits per heavy atom. The fourth-order valence-corrected chi connectivity index (χ4v) is 8.92. The molecule has 33 heavy (non-hydrogen) atoms. The van der Waals surface area contributed by atoms with Gasteiger partial charge < -0.3 is 14.9 Å². The maximum absolute atomic E-state index is 13.9. The van der Waals surface area contributed by atoms with Crippen molar-refractivity contribution in [2.24, 2.45) is 0 Å². The van der Waals surface area contributed by atoms with E-state index >= 15 is 0 Å². The van der Waals surface area contributed by atoms with Gasteiger partial charge in [0.05, 0.1) is 12.8 Å². The van der Waals surface area contributed by atoms with E-state index in [4.69, 9.17) is 14.9 Å². The maximum Gasteiger partial charge on any atom is 0.352 e. The first-order chi connectivity index (χ1) is 15.7. The fraction of sp³-hybridized carbons (Fsp3) is 0.280. The number of halogens is 1. The van der Waals surface area contributed by atoms with Gasteiger partial charge in [-0.3, -0.25) is 4.57 Å². The number of anilines is 1. The van der Waals surface area contributed by atoms with Gasteiger partial charge in [-0.2, -0.15) is 4.98 Å². The second kappa shape index (κ2) is 9.05. The van der Waals surface area contributed by atoms with Gasteiger partial charge in [-0.1, -0.05) is 87.5 Å². The Kier molecular flexibility index (Phi) is 6.33. The molecule has 6 nitrogen and oxygen atoms in total. The minimum Gasteiger partial charge on any atom is -0.404 e. The van der Waals surface area contributed by atoms with Gasteiger partial charge in [0, 0.05) is 0 Å². The molecule has 0 unspecified atom stereocenters. The maximum atomic E-state index is 13.9. The number of aromatic nitrogens is 2. The van der Waals surface area contributed by atoms with Crippen molar-refractivity contribution in [3.63, 3.8) is 0 Å². The fourth-order valence-electron chi connectivity index (χ4n) is 4.35. The van der Waals surface area contributed by atoms with Crippen LogP contribution in [0.15, 0.2) is 83.8 Å². The van der Waals surface area contributed by atoms with Crippen molar-refractivity contribution in [3.05, 3.63) is 95.3 Å². The lowest BCUT2D eigenvalue weighted by atomic mass is 10.2. The number of hydrogen-bond acceptors (Lipinski definition) is 5. The topological polar surface area (TPSA) is 79.4 Å². The van der Waals surface area contributed by atoms with E-state index in [1.165, 1.54) is 10.4 Å². The Morgan fingerprint density at radius 2 is 1.64 bits per heavy atom. The molecule has 2 atom stereocenters. The highest BCUT2D eigenvalue weighted by molar-refractivity contribution is 6.99. The van der Waals surface area contributed by atoms with Gasteiger partial charge in [-0.25, -0.2) is 9.18 Å². The normalized spacial score (nSPS) is 18.5. The van der Waals surface area contributed by atoms with Crippen molar-refractivity contribution in [2.45, 2.75) is 38.1 Å². The lowest BCUT2D eigenvalue weighted by Crippen LogP contribution is -2.67. The predicted octanol–water partition coefficient (Wildman–Crippen LogP) is 2.99. The smallest absolute Gasteiger partial charge is 0.352 e. The third-order valence-electron chi connectivity index (χ3n) is 5.89. The predicted molar refractivity (Wildman–Crippen MR) is 129 cm³/mol. The molecule has 2 heterocycles. The van der Waals surface area contributed by atoms with Crippen LogP contribution in [-0.4, -0.2) is 30.6 Å². The summed E-state index contributed by atoms with van der Waals surface area (Å²) in [5.41, 5.74) is 4.72. The minimum atomic E-state index is -2.72. The molecule has 0 spiro atoms. The average molecular weight is 466 g/mol. The van der Waals surface area contributed by atoms with E-state index in [1.807, 2.05) is 42.5 Å². The number of benzene rings is 2. The second-order valence-corrected chi connectivity index (χ2v) is 13.4. The molecule has 8 heteroatoms. The molecule has 3 aromatic rings. The van der Waals surface area contributed by atoms with Crippen molar-refractivity contribution >= 4 is 24.5 Å². The van der Waals surface area contributed by atoms with Crippen LogP contribution in [-0.2, 0) is 9.16 Å². The largest absolute Gasteiger partial charge is 0.404 e. The highest BCUT2D eigenvalue weighted by atomic mass is 28.4. The molecule has 0 fully saturated rings. The molecule has 0 bridgehead atoms. The van der Waals surface area contributed by atoms with Crippen molar-refractivity contribution in [1.82, 2.24) is 9.55 Å². The lowest BCUT2D eigenvalue weighted by molar-refractivity contribution is -0.00744. The Hall–Kier alpha value is -3.07. The third-order valence-corrected chi connectivity index (χ3v) is 10.9. The third kappa shape index (κ3) is 4.41. The molecule has 2 N–H and O–H groups in total. The summed E-state index contributed by atoms with van der Waals surface area (Å²) in [5, 5.41) is 2.17. The molecule has 0 saturated heterocycles. The number of nitrogen functional groups attached to an aromatic ring is 1. The highest BCUT2D eigenvalue weighted by Gasteiger charge is 2.50. The van der Waals surface area contributed by atoms with Gasteiger partial charge in [-0.05, 0) is 21.5 Å². The number of rotatable bonds is 6. The minimum absolute atomic E-state index is 0.168. The summed E-state index contributed by atoms with van der Waals surface area (Å²) >= 11 is 0. The number of nitrogens with zero attached hydrogens (tertiary/aromatic N) is 2. The molecule has 2 aromatic carbocycles. The summed E-state index contributed by atoms with van der Waals surface area (Å²) in [5.74, 6) is -1.19. The molecule has 1 aliphatic heterocycles. The van der Waals surface area contributed by atoms with Crippen LogP contribution in [0.5, 0.6) is 0 Å². The monoisotopic (exact) mass is 465 g/mol. The first kappa shape index (κ1) is 23.1. The van der Waals surface area contributed by atoms with Crippen LogP contribution in [0, 0.1) is 5.82 Å². The van der Waals surface area contributed by atoms with Gasteiger partial charge in [0.2, 0.25) is 0 Å². The summed E-state index contributed by atoms with van der Waals surface area (Å²) in [7, 11) is -2.72. The van der Waals surface area contributed by atoms with Crippen molar-refractivity contribution < 1.29 is 13.6 Å². The van der Waals surface area contributed by atoms with E-state index < -0.39 is 38.0 Å². The summed E-state index contributed by atoms with van der Waals surface area (Å²) in [6.45, 7) is 6.90.